The van der Waals surface area contributed by atoms with Crippen LogP contribution >= 0.6 is 0 Å². The Balaban J connectivity index is 1.95. The van der Waals surface area contributed by atoms with Crippen molar-refractivity contribution in [1.82, 2.24) is 20.2 Å². The van der Waals surface area contributed by atoms with Gasteiger partial charge in [0.25, 0.3) is 5.69 Å². The molecule has 2 N–H and O–H groups in total. The molecule has 2 aromatic rings. The lowest BCUT2D eigenvalue weighted by molar-refractivity contribution is -0.385. The van der Waals surface area contributed by atoms with Crippen molar-refractivity contribution in [3.05, 3.63) is 40.1 Å². The lowest BCUT2D eigenvalue weighted by Crippen LogP contribution is -2.08. The van der Waals surface area contributed by atoms with Gasteiger partial charge in [-0.25, -0.2) is 9.97 Å². The fourth-order valence-corrected chi connectivity index (χ4v) is 1.50. The molecule has 94 valence electrons. The van der Waals surface area contributed by atoms with Crippen molar-refractivity contribution in [1.29, 1.82) is 0 Å². The van der Waals surface area contributed by atoms with Gasteiger partial charge in [0.1, 0.15) is 24.2 Å². The predicted octanol–water partition coefficient (Wildman–Crippen LogP) is 1.07. The van der Waals surface area contributed by atoms with Crippen LogP contribution in [0.25, 0.3) is 0 Å². The van der Waals surface area contributed by atoms with E-state index in [1.54, 1.807) is 6.92 Å². The van der Waals surface area contributed by atoms with Gasteiger partial charge in [-0.05, 0) is 12.5 Å². The first-order valence-electron chi connectivity index (χ1n) is 5.36. The van der Waals surface area contributed by atoms with Gasteiger partial charge in [0.15, 0.2) is 0 Å². The summed E-state index contributed by atoms with van der Waals surface area (Å²) in [6.07, 6.45) is 3.37. The molecule has 2 heterocycles. The molecular formula is C10H12N6O2. The molecule has 0 amide bonds. The third-order valence-electron chi connectivity index (χ3n) is 2.39. The van der Waals surface area contributed by atoms with Crippen LogP contribution in [0.1, 0.15) is 11.4 Å². The first-order valence-corrected chi connectivity index (χ1v) is 5.36. The van der Waals surface area contributed by atoms with Crippen LogP contribution in [-0.2, 0) is 6.42 Å². The van der Waals surface area contributed by atoms with Gasteiger partial charge in [0.2, 0.25) is 0 Å². The molecule has 0 saturated carbocycles. The van der Waals surface area contributed by atoms with Gasteiger partial charge in [0, 0.05) is 19.0 Å². The molecule has 2 aromatic heterocycles. The van der Waals surface area contributed by atoms with Crippen LogP contribution in [0.15, 0.2) is 18.6 Å². The van der Waals surface area contributed by atoms with Crippen LogP contribution in [0, 0.1) is 17.0 Å². The summed E-state index contributed by atoms with van der Waals surface area (Å²) < 4.78 is 0. The minimum atomic E-state index is -0.460. The SMILES string of the molecule is Cc1cc([N+](=O)[O-])cnc1NCCc1ncn[nH]1. The van der Waals surface area contributed by atoms with E-state index in [0.29, 0.717) is 18.8 Å². The monoisotopic (exact) mass is 248 g/mol. The van der Waals surface area contributed by atoms with Crippen molar-refractivity contribution in [2.75, 3.05) is 11.9 Å². The zero-order valence-corrected chi connectivity index (χ0v) is 9.75. The van der Waals surface area contributed by atoms with E-state index in [1.165, 1.54) is 18.6 Å². The fourth-order valence-electron chi connectivity index (χ4n) is 1.50. The molecule has 0 saturated heterocycles. The van der Waals surface area contributed by atoms with Crippen molar-refractivity contribution in [2.24, 2.45) is 0 Å². The maximum atomic E-state index is 10.6. The molecule has 0 aliphatic rings. The zero-order chi connectivity index (χ0) is 13.0. The smallest absolute Gasteiger partial charge is 0.287 e. The van der Waals surface area contributed by atoms with Crippen molar-refractivity contribution >= 4 is 11.5 Å². The van der Waals surface area contributed by atoms with E-state index < -0.39 is 4.92 Å². The Kier molecular flexibility index (Phi) is 3.46. The number of anilines is 1. The third-order valence-corrected chi connectivity index (χ3v) is 2.39. The molecule has 0 radical (unpaired) electrons. The minimum absolute atomic E-state index is 0.00622. The van der Waals surface area contributed by atoms with Gasteiger partial charge in [-0.1, -0.05) is 0 Å². The first-order chi connectivity index (χ1) is 8.66. The van der Waals surface area contributed by atoms with Crippen molar-refractivity contribution in [2.45, 2.75) is 13.3 Å². The summed E-state index contributed by atoms with van der Waals surface area (Å²) in [4.78, 5) is 18.1. The van der Waals surface area contributed by atoms with E-state index in [2.05, 4.69) is 25.5 Å². The molecule has 0 fully saturated rings. The standard InChI is InChI=1S/C10H12N6O2/c1-7-4-8(16(17)18)5-12-10(7)11-3-2-9-13-6-14-15-9/h4-6H,2-3H2,1H3,(H,11,12)(H,13,14,15). The first kappa shape index (κ1) is 12.0. The second kappa shape index (κ2) is 5.21. The van der Waals surface area contributed by atoms with E-state index >= 15 is 0 Å². The average Bonchev–Trinajstić information content (AvgIpc) is 2.84. The highest BCUT2D eigenvalue weighted by Gasteiger charge is 2.09. The summed E-state index contributed by atoms with van der Waals surface area (Å²) in [5.74, 6) is 1.42. The molecular weight excluding hydrogens is 236 g/mol. The van der Waals surface area contributed by atoms with Crippen LogP contribution in [-0.4, -0.2) is 31.6 Å². The van der Waals surface area contributed by atoms with Gasteiger partial charge >= 0.3 is 0 Å². The Hall–Kier alpha value is -2.51. The average molecular weight is 248 g/mol. The molecule has 0 aliphatic heterocycles. The van der Waals surface area contributed by atoms with Crippen LogP contribution in [0.4, 0.5) is 11.5 Å². The summed E-state index contributed by atoms with van der Waals surface area (Å²) in [5.41, 5.74) is 0.732. The number of aryl methyl sites for hydroxylation is 1. The Bertz CT molecular complexity index is 539. The second-order valence-corrected chi connectivity index (χ2v) is 3.73. The number of rotatable bonds is 5. The van der Waals surface area contributed by atoms with Crippen molar-refractivity contribution < 1.29 is 4.92 Å². The molecule has 2 rings (SSSR count). The molecule has 0 spiro atoms. The minimum Gasteiger partial charge on any atom is -0.369 e. The number of nitrogens with zero attached hydrogens (tertiary/aromatic N) is 4. The Morgan fingerprint density at radius 1 is 1.50 bits per heavy atom. The molecule has 0 aliphatic carbocycles. The number of H-pyrrole nitrogens is 1. The summed E-state index contributed by atoms with van der Waals surface area (Å²) in [5, 5.41) is 20.1. The van der Waals surface area contributed by atoms with Crippen LogP contribution in [0.5, 0.6) is 0 Å². The van der Waals surface area contributed by atoms with E-state index in [1.807, 2.05) is 0 Å². The molecule has 0 atom stereocenters. The third kappa shape index (κ3) is 2.78. The van der Waals surface area contributed by atoms with Crippen molar-refractivity contribution in [3.8, 4) is 0 Å². The molecule has 0 aromatic carbocycles. The lowest BCUT2D eigenvalue weighted by atomic mass is 10.2. The van der Waals surface area contributed by atoms with Gasteiger partial charge in [-0.15, -0.1) is 0 Å². The van der Waals surface area contributed by atoms with Crippen molar-refractivity contribution in [3.63, 3.8) is 0 Å². The van der Waals surface area contributed by atoms with Gasteiger partial charge in [0.05, 0.1) is 4.92 Å². The molecule has 0 bridgehead atoms. The van der Waals surface area contributed by atoms with Crippen LogP contribution in [0.3, 0.4) is 0 Å². The number of nitrogens with one attached hydrogen (secondary N) is 2. The maximum Gasteiger partial charge on any atom is 0.287 e. The van der Waals surface area contributed by atoms with Crippen LogP contribution in [0.2, 0.25) is 0 Å². The number of aromatic amines is 1. The zero-order valence-electron chi connectivity index (χ0n) is 9.75. The highest BCUT2D eigenvalue weighted by atomic mass is 16.6. The predicted molar refractivity (Wildman–Crippen MR) is 64.2 cm³/mol. The van der Waals surface area contributed by atoms with Gasteiger partial charge in [-0.2, -0.15) is 5.10 Å². The summed E-state index contributed by atoms with van der Waals surface area (Å²) in [6, 6.07) is 1.49. The summed E-state index contributed by atoms with van der Waals surface area (Å²) >= 11 is 0. The summed E-state index contributed by atoms with van der Waals surface area (Å²) in [7, 11) is 0. The van der Waals surface area contributed by atoms with E-state index in [9.17, 15) is 10.1 Å². The second-order valence-electron chi connectivity index (χ2n) is 3.73. The quantitative estimate of drug-likeness (QED) is 0.605. The van der Waals surface area contributed by atoms with E-state index in [-0.39, 0.29) is 5.69 Å². The van der Waals surface area contributed by atoms with Crippen LogP contribution < -0.4 is 5.32 Å². The Morgan fingerprint density at radius 2 is 2.33 bits per heavy atom. The molecule has 18 heavy (non-hydrogen) atoms. The Morgan fingerprint density at radius 3 is 2.94 bits per heavy atom. The molecule has 8 nitrogen and oxygen atoms in total. The maximum absolute atomic E-state index is 10.6. The van der Waals surface area contributed by atoms with E-state index in [4.69, 9.17) is 0 Å². The van der Waals surface area contributed by atoms with Gasteiger partial charge < -0.3 is 5.32 Å². The Labute approximate surface area is 103 Å². The number of nitro groups is 1. The number of pyridine rings is 1. The van der Waals surface area contributed by atoms with E-state index in [0.717, 1.165) is 11.4 Å². The number of hydrogen-bond donors (Lipinski definition) is 2. The summed E-state index contributed by atoms with van der Waals surface area (Å²) in [6.45, 7) is 2.40. The lowest BCUT2D eigenvalue weighted by Gasteiger charge is -2.06. The fraction of sp³-hybridized carbons (Fsp3) is 0.300. The number of hydrogen-bond acceptors (Lipinski definition) is 6. The normalized spacial score (nSPS) is 10.3. The highest BCUT2D eigenvalue weighted by Crippen LogP contribution is 2.17. The number of aromatic nitrogens is 4. The highest BCUT2D eigenvalue weighted by molar-refractivity contribution is 5.48. The van der Waals surface area contributed by atoms with Gasteiger partial charge in [-0.3, -0.25) is 15.2 Å². The largest absolute Gasteiger partial charge is 0.369 e. The molecule has 0 unspecified atom stereocenters. The topological polar surface area (TPSA) is 110 Å². The molecule has 8 heteroatoms.